The van der Waals surface area contributed by atoms with Crippen LogP contribution in [0, 0.1) is 0 Å². The van der Waals surface area contributed by atoms with Gasteiger partial charge in [0.05, 0.1) is 0 Å². The van der Waals surface area contributed by atoms with Gasteiger partial charge in [-0.1, -0.05) is 310 Å². The summed E-state index contributed by atoms with van der Waals surface area (Å²) < 4.78 is 17.0. The average Bonchev–Trinajstić information content (AvgIpc) is 3.49. The van der Waals surface area contributed by atoms with Crippen molar-refractivity contribution in [1.82, 2.24) is 0 Å². The quantitative estimate of drug-likeness (QED) is 0.0261. The van der Waals surface area contributed by atoms with Crippen LogP contribution in [-0.2, 0) is 28.6 Å². The maximum Gasteiger partial charge on any atom is 0.306 e. The molecule has 0 aromatic heterocycles. The molecule has 0 radical (unpaired) electrons. The first-order valence-corrected chi connectivity index (χ1v) is 35.4. The number of hydrogen-bond acceptors (Lipinski definition) is 6. The van der Waals surface area contributed by atoms with Gasteiger partial charge >= 0.3 is 17.9 Å². The molecule has 6 heteroatoms. The Hall–Kier alpha value is -3.93. The molecule has 476 valence electrons. The van der Waals surface area contributed by atoms with Gasteiger partial charge in [0, 0.05) is 19.3 Å². The highest BCUT2D eigenvalue weighted by molar-refractivity contribution is 5.71. The van der Waals surface area contributed by atoms with Gasteiger partial charge < -0.3 is 14.2 Å². The monoisotopic (exact) mass is 1150 g/mol. The molecule has 0 bridgehead atoms. The molecule has 6 nitrogen and oxygen atoms in total. The second kappa shape index (κ2) is 70.6. The van der Waals surface area contributed by atoms with Crippen LogP contribution in [-0.4, -0.2) is 37.2 Å². The first-order chi connectivity index (χ1) is 41.0. The zero-order valence-electron chi connectivity index (χ0n) is 54.7. The number of hydrogen-bond donors (Lipinski definition) is 0. The van der Waals surface area contributed by atoms with Gasteiger partial charge in [-0.2, -0.15) is 0 Å². The fourth-order valence-corrected chi connectivity index (χ4v) is 10.0. The number of ether oxygens (including phenoxy) is 3. The smallest absolute Gasteiger partial charge is 0.306 e. The highest BCUT2D eigenvalue weighted by Gasteiger charge is 2.19. The van der Waals surface area contributed by atoms with Crippen LogP contribution < -0.4 is 0 Å². The van der Waals surface area contributed by atoms with Crippen LogP contribution in [0.5, 0.6) is 0 Å². The summed E-state index contributed by atoms with van der Waals surface area (Å²) in [5.74, 6) is -0.884. The molecule has 0 aliphatic heterocycles. The van der Waals surface area contributed by atoms with Crippen molar-refractivity contribution in [2.75, 3.05) is 13.2 Å². The topological polar surface area (TPSA) is 78.9 Å². The van der Waals surface area contributed by atoms with E-state index < -0.39 is 6.10 Å². The summed E-state index contributed by atoms with van der Waals surface area (Å²) >= 11 is 0. The van der Waals surface area contributed by atoms with E-state index in [1.165, 1.54) is 186 Å². The molecule has 0 aromatic rings. The predicted octanol–water partition coefficient (Wildman–Crippen LogP) is 24.6. The molecule has 0 heterocycles. The standard InChI is InChI=1S/C77H132O6/c1-4-7-10-13-16-19-22-25-28-31-33-35-37-38-40-41-43-46-49-52-55-58-61-64-67-70-76(79)82-73-74(72-81-75(78)69-66-63-60-57-54-51-48-45-30-27-24-21-18-15-12-9-6-3)83-77(80)71-68-65-62-59-56-53-50-47-44-42-39-36-34-32-29-26-23-20-17-14-11-8-5-2/h8-9,11-12,17-18,20-22,25-27,29-31,33-34,36,74H,4-7,10,13-16,19,23-24,28,32,35,37-73H2,1-3H3/b11-8-,12-9-,20-17-,21-18-,25-22-,29-26-,30-27-,33-31-,36-34-. The van der Waals surface area contributed by atoms with Crippen LogP contribution >= 0.6 is 0 Å². The van der Waals surface area contributed by atoms with E-state index in [9.17, 15) is 14.4 Å². The summed E-state index contributed by atoms with van der Waals surface area (Å²) in [7, 11) is 0. The zero-order valence-corrected chi connectivity index (χ0v) is 54.7. The van der Waals surface area contributed by atoms with Gasteiger partial charge in [0.15, 0.2) is 6.10 Å². The van der Waals surface area contributed by atoms with Gasteiger partial charge in [-0.3, -0.25) is 14.4 Å². The van der Waals surface area contributed by atoms with Gasteiger partial charge in [0.25, 0.3) is 0 Å². The number of rotatable bonds is 64. The molecular weight excluding hydrogens is 1020 g/mol. The maximum atomic E-state index is 13.0. The minimum absolute atomic E-state index is 0.0825. The Kier molecular flexibility index (Phi) is 67.2. The lowest BCUT2D eigenvalue weighted by Crippen LogP contribution is -2.30. The van der Waals surface area contributed by atoms with Crippen molar-refractivity contribution in [2.45, 2.75) is 348 Å². The number of carbonyl (C=O) groups excluding carboxylic acids is 3. The molecule has 0 aliphatic rings. The van der Waals surface area contributed by atoms with Gasteiger partial charge in [-0.25, -0.2) is 0 Å². The summed E-state index contributed by atoms with van der Waals surface area (Å²) in [6, 6.07) is 0. The van der Waals surface area contributed by atoms with Crippen LogP contribution in [0.2, 0.25) is 0 Å². The highest BCUT2D eigenvalue weighted by atomic mass is 16.6. The van der Waals surface area contributed by atoms with Gasteiger partial charge in [0.2, 0.25) is 0 Å². The molecule has 1 unspecified atom stereocenters. The molecule has 0 spiro atoms. The SMILES string of the molecule is CC/C=C\C/C=C\C/C=C\C/C=C\CCCCCCCCCCCCC(=O)OC(COC(=O)CCCCCCCCC/C=C\C/C=C\C/C=C\CC)COC(=O)CCCCCCCCCCCCCCC/C=C\C/C=C\CCCCCCC. The Morgan fingerprint density at radius 3 is 0.735 bits per heavy atom. The summed E-state index contributed by atoms with van der Waals surface area (Å²) in [6.45, 7) is 6.44. The molecular formula is C77H132O6. The van der Waals surface area contributed by atoms with E-state index in [0.717, 1.165) is 116 Å². The summed E-state index contributed by atoms with van der Waals surface area (Å²) in [5, 5.41) is 0. The number of esters is 3. The van der Waals surface area contributed by atoms with Crippen molar-refractivity contribution in [3.63, 3.8) is 0 Å². The van der Waals surface area contributed by atoms with Crippen molar-refractivity contribution in [2.24, 2.45) is 0 Å². The summed E-state index contributed by atoms with van der Waals surface area (Å²) in [6.07, 6.45) is 96.8. The van der Waals surface area contributed by atoms with Crippen molar-refractivity contribution >= 4 is 17.9 Å². The summed E-state index contributed by atoms with van der Waals surface area (Å²) in [5.41, 5.74) is 0. The lowest BCUT2D eigenvalue weighted by molar-refractivity contribution is -0.167. The predicted molar refractivity (Wildman–Crippen MR) is 362 cm³/mol. The second-order valence-corrected chi connectivity index (χ2v) is 23.4. The Labute approximate surface area is 514 Å². The molecule has 0 amide bonds. The van der Waals surface area contributed by atoms with Gasteiger partial charge in [0.1, 0.15) is 13.2 Å². The van der Waals surface area contributed by atoms with Crippen LogP contribution in [0.3, 0.4) is 0 Å². The van der Waals surface area contributed by atoms with Crippen molar-refractivity contribution in [3.05, 3.63) is 109 Å². The first kappa shape index (κ1) is 79.1. The number of unbranched alkanes of at least 4 members (excludes halogenated alkanes) is 35. The normalized spacial score (nSPS) is 12.8. The molecule has 0 saturated heterocycles. The van der Waals surface area contributed by atoms with Crippen molar-refractivity contribution in [1.29, 1.82) is 0 Å². The van der Waals surface area contributed by atoms with E-state index in [-0.39, 0.29) is 31.1 Å². The largest absolute Gasteiger partial charge is 0.462 e. The van der Waals surface area contributed by atoms with Crippen LogP contribution in [0.1, 0.15) is 342 Å². The van der Waals surface area contributed by atoms with Crippen molar-refractivity contribution < 1.29 is 28.6 Å². The highest BCUT2D eigenvalue weighted by Crippen LogP contribution is 2.17. The Bertz CT molecular complexity index is 1660. The van der Waals surface area contributed by atoms with E-state index >= 15 is 0 Å². The zero-order chi connectivity index (χ0) is 59.9. The van der Waals surface area contributed by atoms with Crippen LogP contribution in [0.25, 0.3) is 0 Å². The molecule has 0 aromatic carbocycles. The molecule has 0 rings (SSSR count). The van der Waals surface area contributed by atoms with E-state index in [1.54, 1.807) is 0 Å². The molecule has 1 atom stereocenters. The average molecular weight is 1150 g/mol. The maximum absolute atomic E-state index is 13.0. The van der Waals surface area contributed by atoms with E-state index in [0.29, 0.717) is 19.3 Å². The fraction of sp³-hybridized carbons (Fsp3) is 0.727. The number of carbonyl (C=O) groups is 3. The van der Waals surface area contributed by atoms with Crippen molar-refractivity contribution in [3.8, 4) is 0 Å². The molecule has 0 fully saturated rings. The van der Waals surface area contributed by atoms with Crippen LogP contribution in [0.15, 0.2) is 109 Å². The fourth-order valence-electron chi connectivity index (χ4n) is 10.0. The lowest BCUT2D eigenvalue weighted by atomic mass is 10.0. The molecule has 83 heavy (non-hydrogen) atoms. The lowest BCUT2D eigenvalue weighted by Gasteiger charge is -2.18. The van der Waals surface area contributed by atoms with Crippen LogP contribution in [0.4, 0.5) is 0 Å². The first-order valence-electron chi connectivity index (χ1n) is 35.4. The van der Waals surface area contributed by atoms with Gasteiger partial charge in [-0.15, -0.1) is 0 Å². The minimum Gasteiger partial charge on any atom is -0.462 e. The van der Waals surface area contributed by atoms with E-state index in [2.05, 4.69) is 130 Å². The van der Waals surface area contributed by atoms with E-state index in [4.69, 9.17) is 14.2 Å². The summed E-state index contributed by atoms with van der Waals surface area (Å²) in [4.78, 5) is 38.5. The Balaban J connectivity index is 4.36. The van der Waals surface area contributed by atoms with E-state index in [1.807, 2.05) is 0 Å². The second-order valence-electron chi connectivity index (χ2n) is 23.4. The molecule has 0 N–H and O–H groups in total. The Morgan fingerprint density at radius 2 is 0.470 bits per heavy atom. The third-order valence-corrected chi connectivity index (χ3v) is 15.2. The third-order valence-electron chi connectivity index (χ3n) is 15.2. The Morgan fingerprint density at radius 1 is 0.253 bits per heavy atom. The van der Waals surface area contributed by atoms with Gasteiger partial charge in [-0.05, 0) is 122 Å². The third kappa shape index (κ3) is 68.7. The number of allylic oxidation sites excluding steroid dienone is 18. The molecule has 0 saturated carbocycles. The minimum atomic E-state index is -0.789. The molecule has 0 aliphatic carbocycles.